The predicted molar refractivity (Wildman–Crippen MR) is 134 cm³/mol. The van der Waals surface area contributed by atoms with Gasteiger partial charge in [-0.1, -0.05) is 101 Å². The molecule has 0 saturated heterocycles. The highest BCUT2D eigenvalue weighted by Crippen LogP contribution is 2.30. The van der Waals surface area contributed by atoms with Gasteiger partial charge in [0.05, 0.1) is 11.2 Å². The molecule has 0 atom stereocenters. The number of hydrogen-bond acceptors (Lipinski definition) is 4. The molecule has 1 aromatic carbocycles. The molecule has 182 valence electrons. The minimum Gasteiger partial charge on any atom is -0.426 e. The lowest BCUT2D eigenvalue weighted by Crippen LogP contribution is -2.14. The molecule has 0 spiro atoms. The first kappa shape index (κ1) is 32.3. The Balaban J connectivity index is 0. The van der Waals surface area contributed by atoms with Crippen LogP contribution in [0.1, 0.15) is 81.1 Å². The normalized spacial score (nSPS) is 13.7. The minimum atomic E-state index is -3.74. The number of para-hydroxylation sites is 1. The lowest BCUT2D eigenvalue weighted by molar-refractivity contribution is -0.137. The van der Waals surface area contributed by atoms with E-state index in [0.29, 0.717) is 10.6 Å². The Morgan fingerprint density at radius 2 is 1.35 bits per heavy atom. The van der Waals surface area contributed by atoms with Crippen LogP contribution in [0.4, 0.5) is 0 Å². The van der Waals surface area contributed by atoms with Crippen LogP contribution in [-0.4, -0.2) is 29.0 Å². The summed E-state index contributed by atoms with van der Waals surface area (Å²) >= 11 is 3.27. The number of ether oxygens (including phenoxy) is 1. The summed E-state index contributed by atoms with van der Waals surface area (Å²) in [7, 11) is -3.74. The number of hydrogen-bond donors (Lipinski definition) is 1. The van der Waals surface area contributed by atoms with Gasteiger partial charge in [0, 0.05) is 4.83 Å². The highest BCUT2D eigenvalue weighted by molar-refractivity contribution is 9.09. The first-order chi connectivity index (χ1) is 14.2. The summed E-state index contributed by atoms with van der Waals surface area (Å²) in [6.07, 6.45) is 5.97. The van der Waals surface area contributed by atoms with Crippen molar-refractivity contribution in [3.8, 4) is 5.75 Å². The minimum absolute atomic E-state index is 0.0785. The van der Waals surface area contributed by atoms with Crippen LogP contribution < -0.4 is 4.74 Å². The maximum Gasteiger partial charge on any atom is 0.313 e. The second kappa shape index (κ2) is 17.6. The third-order valence-corrected chi connectivity index (χ3v) is 5.56. The molecule has 1 fully saturated rings. The number of alkyl halides is 1. The number of halogens is 1. The molecule has 31 heavy (non-hydrogen) atoms. The van der Waals surface area contributed by atoms with Crippen LogP contribution in [0.5, 0.6) is 5.75 Å². The number of rotatable bonds is 4. The summed E-state index contributed by atoms with van der Waals surface area (Å²) in [6.45, 7) is 15.3. The standard InChI is InChI=1S/C10H12O2.C8H16.C3H7Br.C3H8O3S/c1-8(2)10(11)12-9-6-4-3-5-7-9;1-7(2)8-5-3-4-6-8;1-3(2)4;1-3(2)7(4,5)6/h3-8H,1-2H3;7-8H,3-6H2,1-2H3;3H,1-2H3;3H,1-2H3,(H,4,5,6). The molecule has 1 saturated carbocycles. The zero-order valence-corrected chi connectivity index (χ0v) is 22.9. The molecule has 1 aliphatic carbocycles. The van der Waals surface area contributed by atoms with Gasteiger partial charge in [0.25, 0.3) is 10.1 Å². The van der Waals surface area contributed by atoms with Crippen molar-refractivity contribution in [3.05, 3.63) is 30.3 Å². The van der Waals surface area contributed by atoms with Gasteiger partial charge in [-0.2, -0.15) is 8.42 Å². The van der Waals surface area contributed by atoms with Gasteiger partial charge < -0.3 is 4.74 Å². The third kappa shape index (κ3) is 20.7. The Kier molecular flexibility index (Phi) is 18.3. The fourth-order valence-electron chi connectivity index (χ4n) is 2.35. The van der Waals surface area contributed by atoms with E-state index in [1.54, 1.807) is 12.1 Å². The molecule has 0 aromatic heterocycles. The van der Waals surface area contributed by atoms with E-state index in [-0.39, 0.29) is 11.9 Å². The van der Waals surface area contributed by atoms with Crippen LogP contribution in [0.25, 0.3) is 0 Å². The van der Waals surface area contributed by atoms with E-state index in [0.717, 1.165) is 11.8 Å². The topological polar surface area (TPSA) is 80.7 Å². The molecule has 0 radical (unpaired) electrons. The zero-order chi connectivity index (χ0) is 24.6. The number of carbonyl (C=O) groups excluding carboxylic acids is 1. The van der Waals surface area contributed by atoms with Crippen LogP contribution in [0.15, 0.2) is 30.3 Å². The van der Waals surface area contributed by atoms with Gasteiger partial charge in [0.15, 0.2) is 0 Å². The van der Waals surface area contributed by atoms with Gasteiger partial charge in [-0.3, -0.25) is 9.35 Å². The average molecular weight is 524 g/mol. The van der Waals surface area contributed by atoms with Crippen molar-refractivity contribution in [2.75, 3.05) is 0 Å². The number of carbonyl (C=O) groups is 1. The van der Waals surface area contributed by atoms with Crippen molar-refractivity contribution < 1.29 is 22.5 Å². The molecule has 0 unspecified atom stereocenters. The van der Waals surface area contributed by atoms with Gasteiger partial charge >= 0.3 is 5.97 Å². The Morgan fingerprint density at radius 1 is 0.968 bits per heavy atom. The molecule has 0 amide bonds. The Hall–Kier alpha value is -0.920. The van der Waals surface area contributed by atoms with Crippen molar-refractivity contribution in [1.82, 2.24) is 0 Å². The Bertz CT molecular complexity index is 662. The zero-order valence-electron chi connectivity index (χ0n) is 20.5. The van der Waals surface area contributed by atoms with E-state index in [2.05, 4.69) is 43.6 Å². The van der Waals surface area contributed by atoms with Crippen LogP contribution in [0, 0.1) is 17.8 Å². The van der Waals surface area contributed by atoms with Crippen molar-refractivity contribution in [2.24, 2.45) is 17.8 Å². The molecular weight excluding hydrogens is 480 g/mol. The number of esters is 1. The highest BCUT2D eigenvalue weighted by Gasteiger charge is 2.17. The molecule has 1 aliphatic rings. The fourth-order valence-corrected chi connectivity index (χ4v) is 2.35. The second-order valence-corrected chi connectivity index (χ2v) is 12.6. The maximum atomic E-state index is 11.1. The van der Waals surface area contributed by atoms with Gasteiger partial charge in [-0.25, -0.2) is 0 Å². The second-order valence-electron chi connectivity index (χ2n) is 8.75. The summed E-state index contributed by atoms with van der Waals surface area (Å²) in [5, 5.41) is -0.674. The SMILES string of the molecule is CC(C)Br.CC(C)C(=O)Oc1ccccc1.CC(C)C1CCCC1.CC(C)S(=O)(=O)O. The van der Waals surface area contributed by atoms with Crippen LogP contribution in [-0.2, 0) is 14.9 Å². The molecule has 1 N–H and O–H groups in total. The molecule has 0 aliphatic heterocycles. The fraction of sp³-hybridized carbons (Fsp3) is 0.708. The van der Waals surface area contributed by atoms with Crippen LogP contribution >= 0.6 is 15.9 Å². The van der Waals surface area contributed by atoms with Gasteiger partial charge in [-0.15, -0.1) is 0 Å². The predicted octanol–water partition coefficient (Wildman–Crippen LogP) is 7.15. The molecule has 1 aromatic rings. The summed E-state index contributed by atoms with van der Waals surface area (Å²) in [5.41, 5.74) is 0. The lowest BCUT2D eigenvalue weighted by Gasteiger charge is -2.11. The Labute approximate surface area is 199 Å². The van der Waals surface area contributed by atoms with Crippen molar-refractivity contribution in [1.29, 1.82) is 0 Å². The van der Waals surface area contributed by atoms with E-state index in [1.165, 1.54) is 39.5 Å². The van der Waals surface area contributed by atoms with E-state index in [4.69, 9.17) is 9.29 Å². The average Bonchev–Trinajstić information content (AvgIpc) is 3.17. The molecule has 7 heteroatoms. The molecular formula is C24H43BrO5S. The van der Waals surface area contributed by atoms with Gasteiger partial charge in [0.1, 0.15) is 5.75 Å². The highest BCUT2D eigenvalue weighted by atomic mass is 79.9. The van der Waals surface area contributed by atoms with Gasteiger partial charge in [-0.05, 0) is 37.8 Å². The quantitative estimate of drug-likeness (QED) is 0.196. The third-order valence-electron chi connectivity index (χ3n) is 4.37. The summed E-state index contributed by atoms with van der Waals surface area (Å²) in [5.74, 6) is 2.34. The summed E-state index contributed by atoms with van der Waals surface area (Å²) in [6, 6.07) is 9.08. The Morgan fingerprint density at radius 3 is 1.61 bits per heavy atom. The van der Waals surface area contributed by atoms with Crippen molar-refractivity contribution in [2.45, 2.75) is 91.2 Å². The van der Waals surface area contributed by atoms with E-state index < -0.39 is 15.4 Å². The molecule has 0 heterocycles. The van der Waals surface area contributed by atoms with E-state index in [1.807, 2.05) is 32.0 Å². The van der Waals surface area contributed by atoms with Crippen LogP contribution in [0.2, 0.25) is 0 Å². The van der Waals surface area contributed by atoms with E-state index >= 15 is 0 Å². The van der Waals surface area contributed by atoms with Crippen LogP contribution in [0.3, 0.4) is 0 Å². The van der Waals surface area contributed by atoms with Crippen molar-refractivity contribution >= 4 is 32.0 Å². The van der Waals surface area contributed by atoms with Gasteiger partial charge in [0.2, 0.25) is 0 Å². The largest absolute Gasteiger partial charge is 0.426 e. The maximum absolute atomic E-state index is 11.1. The van der Waals surface area contributed by atoms with E-state index in [9.17, 15) is 13.2 Å². The summed E-state index contributed by atoms with van der Waals surface area (Å²) in [4.78, 5) is 11.7. The smallest absolute Gasteiger partial charge is 0.313 e. The first-order valence-electron chi connectivity index (χ1n) is 11.1. The summed E-state index contributed by atoms with van der Waals surface area (Å²) < 4.78 is 32.9. The number of benzene rings is 1. The molecule has 0 bridgehead atoms. The lowest BCUT2D eigenvalue weighted by atomic mass is 9.95. The van der Waals surface area contributed by atoms with Crippen molar-refractivity contribution in [3.63, 3.8) is 0 Å². The monoisotopic (exact) mass is 522 g/mol. The molecule has 2 rings (SSSR count). The molecule has 5 nitrogen and oxygen atoms in total. The first-order valence-corrected chi connectivity index (χ1v) is 13.5.